The van der Waals surface area contributed by atoms with E-state index in [2.05, 4.69) is 4.98 Å². The molecule has 0 atom stereocenters. The lowest BCUT2D eigenvalue weighted by atomic mass is 10.1. The highest BCUT2D eigenvalue weighted by Gasteiger charge is 2.32. The zero-order chi connectivity index (χ0) is 38.8. The van der Waals surface area contributed by atoms with Crippen molar-refractivity contribution in [1.29, 1.82) is 0 Å². The largest absolute Gasteiger partial charge is 0.493 e. The van der Waals surface area contributed by atoms with Gasteiger partial charge in [-0.2, -0.15) is 0 Å². The van der Waals surface area contributed by atoms with Crippen LogP contribution in [0, 0.1) is 0 Å². The number of hydrogen-bond donors (Lipinski definition) is 1. The van der Waals surface area contributed by atoms with Gasteiger partial charge in [0.2, 0.25) is 17.2 Å². The molecule has 282 valence electrons. The molecule has 0 aliphatic carbocycles. The molecule has 0 amide bonds. The van der Waals surface area contributed by atoms with Gasteiger partial charge in [-0.05, 0) is 6.07 Å². The maximum Gasteiger partial charge on any atom is 0.208 e. The van der Waals surface area contributed by atoms with Crippen molar-refractivity contribution in [3.8, 4) is 85.8 Å². The molecule has 56 heavy (non-hydrogen) atoms. The zero-order valence-electron chi connectivity index (χ0n) is 31.6. The summed E-state index contributed by atoms with van der Waals surface area (Å²) in [4.78, 5) is 40.1. The van der Waals surface area contributed by atoms with Crippen LogP contribution in [0.1, 0.15) is 0 Å². The van der Waals surface area contributed by atoms with Gasteiger partial charge in [-0.1, -0.05) is 48.5 Å². The standard InChI is InChI=1S/C40H34N8O8/c1-49-23-17-22-24(28(51-3)27(23)50-2)36-43-35(22)47-40-21-16-12-11-15-20(21)39(48(40)56-8)46-34-19-14-10-9-13-18(19)33(41-34)42-37-25-26(38(44-36)45-37)30(53-5)32(55-7)31(54-6)29(25)52-4/h9-17H,1-8H3,(H,41,42,43,44,45,46,47). The average molecular weight is 755 g/mol. The highest BCUT2D eigenvalue weighted by Crippen LogP contribution is 2.54. The third-order valence-electron chi connectivity index (χ3n) is 9.81. The van der Waals surface area contributed by atoms with E-state index in [-0.39, 0.29) is 11.6 Å². The predicted octanol–water partition coefficient (Wildman–Crippen LogP) is 6.46. The Labute approximate surface area is 318 Å². The molecule has 0 saturated heterocycles. The Kier molecular flexibility index (Phi) is 8.10. The Bertz CT molecular complexity index is 2940. The van der Waals surface area contributed by atoms with E-state index in [9.17, 15) is 0 Å². The zero-order valence-corrected chi connectivity index (χ0v) is 31.6. The molecule has 16 nitrogen and oxygen atoms in total. The maximum atomic E-state index is 6.03. The summed E-state index contributed by atoms with van der Waals surface area (Å²) in [5.41, 5.74) is 4.14. The lowest BCUT2D eigenvalue weighted by Crippen LogP contribution is -2.07. The van der Waals surface area contributed by atoms with Crippen molar-refractivity contribution in [2.75, 3.05) is 56.9 Å². The van der Waals surface area contributed by atoms with Crippen molar-refractivity contribution >= 4 is 44.1 Å². The van der Waals surface area contributed by atoms with Crippen molar-refractivity contribution in [2.45, 2.75) is 0 Å². The van der Waals surface area contributed by atoms with Crippen LogP contribution < -0.4 is 38.0 Å². The fraction of sp³-hybridized carbons (Fsp3) is 0.200. The first kappa shape index (κ1) is 34.4. The minimum Gasteiger partial charge on any atom is -0.493 e. The summed E-state index contributed by atoms with van der Waals surface area (Å²) in [5.74, 6) is 3.64. The van der Waals surface area contributed by atoms with Gasteiger partial charge < -0.3 is 43.0 Å². The summed E-state index contributed by atoms with van der Waals surface area (Å²) < 4.78 is 42.9. The van der Waals surface area contributed by atoms with Crippen LogP contribution in [0.2, 0.25) is 0 Å². The van der Waals surface area contributed by atoms with E-state index in [1.165, 1.54) is 42.7 Å². The third kappa shape index (κ3) is 4.77. The summed E-state index contributed by atoms with van der Waals surface area (Å²) in [7, 11) is 12.3. The van der Waals surface area contributed by atoms with Crippen molar-refractivity contribution < 1.29 is 38.0 Å². The molecule has 5 heterocycles. The van der Waals surface area contributed by atoms with E-state index in [1.54, 1.807) is 25.0 Å². The SMILES string of the molecule is COc1cc2c(c(OC)c1OC)-c1nc-2nc2c3ccccc3c(nc3nc(nc4[nH]c(n1)c1c(OC)c(OC)c(OC)c(OC)c41)-c1ccccc1-3)n2OC. The molecule has 8 bridgehead atoms. The maximum absolute atomic E-state index is 6.03. The Morgan fingerprint density at radius 2 is 0.911 bits per heavy atom. The Balaban J connectivity index is 1.58. The van der Waals surface area contributed by atoms with Crippen LogP contribution in [-0.4, -0.2) is 96.5 Å². The van der Waals surface area contributed by atoms with Gasteiger partial charge in [-0.3, -0.25) is 0 Å². The summed E-state index contributed by atoms with van der Waals surface area (Å²) in [5, 5.41) is 2.50. The van der Waals surface area contributed by atoms with E-state index in [4.69, 9.17) is 67.9 Å². The Hall–Kier alpha value is -7.36. The minimum absolute atomic E-state index is 0.234. The van der Waals surface area contributed by atoms with E-state index < -0.39 is 0 Å². The van der Waals surface area contributed by atoms with Gasteiger partial charge in [0.1, 0.15) is 18.4 Å². The number of rotatable bonds is 8. The minimum atomic E-state index is 0.234. The Morgan fingerprint density at radius 3 is 1.41 bits per heavy atom. The van der Waals surface area contributed by atoms with Crippen LogP contribution in [0.5, 0.6) is 40.2 Å². The number of nitrogens with one attached hydrogen (secondary N) is 1. The number of aromatic nitrogens is 8. The quantitative estimate of drug-likeness (QED) is 0.179. The van der Waals surface area contributed by atoms with Gasteiger partial charge in [0.05, 0.1) is 66.1 Å². The van der Waals surface area contributed by atoms with Gasteiger partial charge in [0.25, 0.3) is 0 Å². The molecular formula is C40H34N8O8. The van der Waals surface area contributed by atoms with Crippen LogP contribution in [0.15, 0.2) is 54.6 Å². The lowest BCUT2D eigenvalue weighted by Gasteiger charge is -2.16. The van der Waals surface area contributed by atoms with Crippen LogP contribution >= 0.6 is 0 Å². The first-order valence-corrected chi connectivity index (χ1v) is 17.2. The number of aromatic amines is 1. The van der Waals surface area contributed by atoms with Crippen molar-refractivity contribution in [3.05, 3.63) is 54.6 Å². The normalized spacial score (nSPS) is 11.6. The van der Waals surface area contributed by atoms with Crippen LogP contribution in [-0.2, 0) is 0 Å². The van der Waals surface area contributed by atoms with Crippen LogP contribution in [0.25, 0.3) is 89.7 Å². The molecule has 7 aromatic rings. The molecule has 16 heteroatoms. The van der Waals surface area contributed by atoms with E-state index in [0.717, 1.165) is 21.9 Å². The number of H-pyrrole nitrogens is 1. The van der Waals surface area contributed by atoms with Crippen molar-refractivity contribution in [3.63, 3.8) is 0 Å². The van der Waals surface area contributed by atoms with Crippen molar-refractivity contribution in [1.82, 2.24) is 39.6 Å². The first-order valence-electron chi connectivity index (χ1n) is 17.2. The summed E-state index contributed by atoms with van der Waals surface area (Å²) >= 11 is 0. The topological polar surface area (TPSA) is 172 Å². The van der Waals surface area contributed by atoms with Crippen LogP contribution in [0.4, 0.5) is 0 Å². The van der Waals surface area contributed by atoms with E-state index >= 15 is 0 Å². The molecule has 0 fully saturated rings. The number of hydrogen-bond acceptors (Lipinski definition) is 14. The molecule has 0 saturated carbocycles. The average Bonchev–Trinajstić information content (AvgIpc) is 3.96. The summed E-state index contributed by atoms with van der Waals surface area (Å²) in [6, 6.07) is 17.3. The number of fused-ring (bicyclic) bond motifs is 20. The van der Waals surface area contributed by atoms with Gasteiger partial charge >= 0.3 is 0 Å². The number of nitrogens with zero attached hydrogens (tertiary/aromatic N) is 7. The molecule has 2 aliphatic heterocycles. The van der Waals surface area contributed by atoms with Gasteiger partial charge in [0, 0.05) is 27.5 Å². The van der Waals surface area contributed by atoms with E-state index in [1.807, 2.05) is 48.5 Å². The predicted molar refractivity (Wildman–Crippen MR) is 208 cm³/mol. The second kappa shape index (κ2) is 13.2. The highest BCUT2D eigenvalue weighted by atomic mass is 16.6. The van der Waals surface area contributed by atoms with Gasteiger partial charge in [-0.25, -0.2) is 29.9 Å². The number of ether oxygens (including phenoxy) is 7. The highest BCUT2D eigenvalue weighted by molar-refractivity contribution is 6.14. The molecule has 1 N–H and O–H groups in total. The summed E-state index contributed by atoms with van der Waals surface area (Å²) in [6.45, 7) is 0. The summed E-state index contributed by atoms with van der Waals surface area (Å²) in [6.07, 6.45) is 0. The second-order valence-electron chi connectivity index (χ2n) is 12.5. The fourth-order valence-corrected chi connectivity index (χ4v) is 7.47. The third-order valence-corrected chi connectivity index (χ3v) is 9.81. The van der Waals surface area contributed by atoms with Crippen molar-refractivity contribution in [2.24, 2.45) is 0 Å². The number of methoxy groups -OCH3 is 7. The smallest absolute Gasteiger partial charge is 0.208 e. The van der Waals surface area contributed by atoms with Gasteiger partial charge in [-0.15, -0.1) is 4.73 Å². The van der Waals surface area contributed by atoms with Crippen LogP contribution in [0.3, 0.4) is 0 Å². The molecule has 9 rings (SSSR count). The number of benzene rings is 4. The Morgan fingerprint density at radius 1 is 0.446 bits per heavy atom. The molecular weight excluding hydrogens is 720 g/mol. The van der Waals surface area contributed by atoms with Gasteiger partial charge in [0.15, 0.2) is 57.6 Å². The molecule has 0 radical (unpaired) electrons. The molecule has 2 aliphatic rings. The monoisotopic (exact) mass is 754 g/mol. The van der Waals surface area contributed by atoms with E-state index in [0.29, 0.717) is 96.5 Å². The molecule has 4 aromatic carbocycles. The molecule has 0 unspecified atom stereocenters. The first-order chi connectivity index (χ1) is 27.4. The lowest BCUT2D eigenvalue weighted by molar-refractivity contribution is 0.187. The fourth-order valence-electron chi connectivity index (χ4n) is 7.47. The second-order valence-corrected chi connectivity index (χ2v) is 12.5. The molecule has 3 aromatic heterocycles. The molecule has 0 spiro atoms.